The Hall–Kier alpha value is -1.78. The summed E-state index contributed by atoms with van der Waals surface area (Å²) in [5.41, 5.74) is -0.0237. The van der Waals surface area contributed by atoms with Gasteiger partial charge in [-0.25, -0.2) is 0 Å². The highest BCUT2D eigenvalue weighted by Crippen LogP contribution is 2.27. The van der Waals surface area contributed by atoms with Gasteiger partial charge in [-0.15, -0.1) is 0 Å². The molecule has 0 fully saturated rings. The smallest absolute Gasteiger partial charge is 0.276 e. The third kappa shape index (κ3) is 3.12. The van der Waals surface area contributed by atoms with Gasteiger partial charge in [0, 0.05) is 6.07 Å². The number of benzene rings is 1. The van der Waals surface area contributed by atoms with Gasteiger partial charge in [0.25, 0.3) is 5.69 Å². The Morgan fingerprint density at radius 1 is 1.13 bits per heavy atom. The second-order valence-corrected chi connectivity index (χ2v) is 2.79. The monoisotopic (exact) mass is 211 g/mol. The topological polar surface area (TPSA) is 61.6 Å². The van der Waals surface area contributed by atoms with E-state index in [1.165, 1.54) is 12.1 Å². The molecule has 0 radical (unpaired) electrons. The molecule has 0 spiro atoms. The van der Waals surface area contributed by atoms with Gasteiger partial charge in [-0.2, -0.15) is 0 Å². The van der Waals surface area contributed by atoms with Crippen LogP contribution in [-0.2, 0) is 0 Å². The molecule has 5 nitrogen and oxygen atoms in total. The molecule has 0 aliphatic rings. The van der Waals surface area contributed by atoms with Crippen LogP contribution < -0.4 is 9.47 Å². The minimum Gasteiger partial charge on any atom is -0.493 e. The highest BCUT2D eigenvalue weighted by atomic mass is 16.6. The van der Waals surface area contributed by atoms with Crippen molar-refractivity contribution in [3.05, 3.63) is 28.3 Å². The van der Waals surface area contributed by atoms with Crippen molar-refractivity contribution >= 4 is 5.69 Å². The molecule has 0 heterocycles. The van der Waals surface area contributed by atoms with Gasteiger partial charge in [0.2, 0.25) is 0 Å². The quantitative estimate of drug-likeness (QED) is 0.554. The summed E-state index contributed by atoms with van der Waals surface area (Å²) < 4.78 is 10.4. The maximum absolute atomic E-state index is 10.6. The third-order valence-corrected chi connectivity index (χ3v) is 1.70. The van der Waals surface area contributed by atoms with Crippen LogP contribution in [-0.4, -0.2) is 18.1 Å². The molecule has 5 heteroatoms. The summed E-state index contributed by atoms with van der Waals surface area (Å²) >= 11 is 0. The molecule has 0 saturated heterocycles. The summed E-state index contributed by atoms with van der Waals surface area (Å²) in [5.74, 6) is 0.908. The average Bonchev–Trinajstić information content (AvgIpc) is 2.18. The van der Waals surface area contributed by atoms with Gasteiger partial charge in [0.05, 0.1) is 30.3 Å². The van der Waals surface area contributed by atoms with Gasteiger partial charge in [0.1, 0.15) is 11.5 Å². The summed E-state index contributed by atoms with van der Waals surface area (Å²) in [6.45, 7) is 4.57. The van der Waals surface area contributed by atoms with Crippen molar-refractivity contribution in [2.24, 2.45) is 0 Å². The van der Waals surface area contributed by atoms with Gasteiger partial charge in [-0.05, 0) is 13.8 Å². The normalized spacial score (nSPS) is 9.73. The highest BCUT2D eigenvalue weighted by Gasteiger charge is 2.10. The molecule has 0 saturated carbocycles. The maximum atomic E-state index is 10.6. The standard InChI is InChI=1S/C10H13NO4/c1-3-14-9-5-8(11(12)13)6-10(7-9)15-4-2/h5-7H,3-4H2,1-2H3. The van der Waals surface area contributed by atoms with Crippen molar-refractivity contribution in [2.45, 2.75) is 13.8 Å². The second-order valence-electron chi connectivity index (χ2n) is 2.79. The van der Waals surface area contributed by atoms with Crippen LogP contribution in [0.4, 0.5) is 5.69 Å². The number of nitrogens with zero attached hydrogens (tertiary/aromatic N) is 1. The maximum Gasteiger partial charge on any atom is 0.276 e. The lowest BCUT2D eigenvalue weighted by Gasteiger charge is -2.06. The number of nitro benzene ring substituents is 1. The fraction of sp³-hybridized carbons (Fsp3) is 0.400. The van der Waals surface area contributed by atoms with Crippen molar-refractivity contribution in [3.63, 3.8) is 0 Å². The lowest BCUT2D eigenvalue weighted by atomic mass is 10.3. The van der Waals surface area contributed by atoms with E-state index in [-0.39, 0.29) is 5.69 Å². The van der Waals surface area contributed by atoms with Crippen LogP contribution in [0.2, 0.25) is 0 Å². The van der Waals surface area contributed by atoms with Crippen LogP contribution in [0.5, 0.6) is 11.5 Å². The SMILES string of the molecule is CCOc1cc(OCC)cc([N+](=O)[O-])c1. The fourth-order valence-corrected chi connectivity index (χ4v) is 1.16. The number of rotatable bonds is 5. The second kappa shape index (κ2) is 5.19. The molecule has 0 bridgehead atoms. The predicted octanol–water partition coefficient (Wildman–Crippen LogP) is 2.39. The molecule has 1 aromatic carbocycles. The van der Waals surface area contributed by atoms with Gasteiger partial charge in [0.15, 0.2) is 0 Å². The summed E-state index contributed by atoms with van der Waals surface area (Å²) in [6, 6.07) is 4.40. The van der Waals surface area contributed by atoms with E-state index >= 15 is 0 Å². The fourth-order valence-electron chi connectivity index (χ4n) is 1.16. The van der Waals surface area contributed by atoms with Crippen molar-refractivity contribution < 1.29 is 14.4 Å². The van der Waals surface area contributed by atoms with Gasteiger partial charge in [-0.1, -0.05) is 0 Å². The molecule has 1 rings (SSSR count). The van der Waals surface area contributed by atoms with Crippen LogP contribution in [0, 0.1) is 10.1 Å². The third-order valence-electron chi connectivity index (χ3n) is 1.70. The zero-order chi connectivity index (χ0) is 11.3. The van der Waals surface area contributed by atoms with Crippen LogP contribution in [0.1, 0.15) is 13.8 Å². The number of hydrogen-bond donors (Lipinski definition) is 0. The van der Waals surface area contributed by atoms with Crippen molar-refractivity contribution in [1.82, 2.24) is 0 Å². The van der Waals surface area contributed by atoms with Gasteiger partial charge >= 0.3 is 0 Å². The van der Waals surface area contributed by atoms with Crippen LogP contribution in [0.3, 0.4) is 0 Å². The van der Waals surface area contributed by atoms with E-state index in [1.54, 1.807) is 6.07 Å². The molecule has 0 unspecified atom stereocenters. The van der Waals surface area contributed by atoms with Crippen LogP contribution >= 0.6 is 0 Å². The molecule has 0 amide bonds. The first-order valence-corrected chi connectivity index (χ1v) is 4.72. The first-order valence-electron chi connectivity index (χ1n) is 4.72. The summed E-state index contributed by atoms with van der Waals surface area (Å²) in [5, 5.41) is 10.6. The minimum atomic E-state index is -0.467. The molecular weight excluding hydrogens is 198 g/mol. The molecular formula is C10H13NO4. The van der Waals surface area contributed by atoms with Crippen molar-refractivity contribution in [1.29, 1.82) is 0 Å². The number of ether oxygens (including phenoxy) is 2. The van der Waals surface area contributed by atoms with E-state index in [2.05, 4.69) is 0 Å². The summed E-state index contributed by atoms with van der Waals surface area (Å²) in [4.78, 5) is 10.1. The first kappa shape index (κ1) is 11.3. The molecule has 0 aliphatic carbocycles. The highest BCUT2D eigenvalue weighted by molar-refractivity contribution is 5.46. The first-order chi connectivity index (χ1) is 7.17. The van der Waals surface area contributed by atoms with Crippen molar-refractivity contribution in [2.75, 3.05) is 13.2 Å². The molecule has 1 aromatic rings. The van der Waals surface area contributed by atoms with E-state index in [0.717, 1.165) is 0 Å². The number of hydrogen-bond acceptors (Lipinski definition) is 4. The average molecular weight is 211 g/mol. The Morgan fingerprint density at radius 2 is 1.60 bits per heavy atom. The molecule has 0 aromatic heterocycles. The van der Waals surface area contributed by atoms with Gasteiger partial charge < -0.3 is 9.47 Å². The Labute approximate surface area is 87.8 Å². The predicted molar refractivity (Wildman–Crippen MR) is 55.4 cm³/mol. The van der Waals surface area contributed by atoms with E-state index in [1.807, 2.05) is 13.8 Å². The lowest BCUT2D eigenvalue weighted by Crippen LogP contribution is -1.97. The Kier molecular flexibility index (Phi) is 3.91. The summed E-state index contributed by atoms with van der Waals surface area (Å²) in [7, 11) is 0. The van der Waals surface area contributed by atoms with E-state index < -0.39 is 4.92 Å². The molecule has 0 N–H and O–H groups in total. The lowest BCUT2D eigenvalue weighted by molar-refractivity contribution is -0.385. The van der Waals surface area contributed by atoms with E-state index in [4.69, 9.17) is 9.47 Å². The largest absolute Gasteiger partial charge is 0.493 e. The van der Waals surface area contributed by atoms with Crippen LogP contribution in [0.25, 0.3) is 0 Å². The van der Waals surface area contributed by atoms with E-state index in [9.17, 15) is 10.1 Å². The zero-order valence-corrected chi connectivity index (χ0v) is 8.73. The molecule has 0 atom stereocenters. The molecule has 82 valence electrons. The summed E-state index contributed by atoms with van der Waals surface area (Å²) in [6.07, 6.45) is 0. The number of non-ortho nitro benzene ring substituents is 1. The Morgan fingerprint density at radius 3 is 1.93 bits per heavy atom. The molecule has 0 aliphatic heterocycles. The number of nitro groups is 1. The Balaban J connectivity index is 3.02. The van der Waals surface area contributed by atoms with E-state index in [0.29, 0.717) is 24.7 Å². The minimum absolute atomic E-state index is 0.0237. The zero-order valence-electron chi connectivity index (χ0n) is 8.73. The van der Waals surface area contributed by atoms with Gasteiger partial charge in [-0.3, -0.25) is 10.1 Å². The molecule has 15 heavy (non-hydrogen) atoms. The Bertz CT molecular complexity index is 327. The van der Waals surface area contributed by atoms with Crippen molar-refractivity contribution in [3.8, 4) is 11.5 Å². The van der Waals surface area contributed by atoms with Crippen LogP contribution in [0.15, 0.2) is 18.2 Å².